The van der Waals surface area contributed by atoms with E-state index in [-0.39, 0.29) is 22.6 Å². The van der Waals surface area contributed by atoms with Crippen molar-refractivity contribution in [2.24, 2.45) is 0 Å². The van der Waals surface area contributed by atoms with Crippen LogP contribution in [0.1, 0.15) is 43.4 Å². The van der Waals surface area contributed by atoms with E-state index in [1.165, 1.54) is 6.07 Å². The lowest BCUT2D eigenvalue weighted by molar-refractivity contribution is -0.117. The first kappa shape index (κ1) is 21.2. The molecule has 0 radical (unpaired) electrons. The summed E-state index contributed by atoms with van der Waals surface area (Å²) in [6.07, 6.45) is 3.41. The van der Waals surface area contributed by atoms with Gasteiger partial charge in [0.1, 0.15) is 0 Å². The van der Waals surface area contributed by atoms with Crippen molar-refractivity contribution in [3.05, 3.63) is 64.0 Å². The summed E-state index contributed by atoms with van der Waals surface area (Å²) in [5, 5.41) is 12.1. The van der Waals surface area contributed by atoms with Gasteiger partial charge in [-0.1, -0.05) is 13.3 Å². The van der Waals surface area contributed by atoms with E-state index in [9.17, 15) is 23.2 Å². The molecule has 2 rings (SSSR count). The van der Waals surface area contributed by atoms with E-state index in [0.717, 1.165) is 25.0 Å². The van der Waals surface area contributed by atoms with Crippen molar-refractivity contribution >= 4 is 12.0 Å². The van der Waals surface area contributed by atoms with Crippen molar-refractivity contribution in [3.8, 4) is 17.2 Å². The van der Waals surface area contributed by atoms with Crippen molar-refractivity contribution in [2.75, 3.05) is 6.54 Å². The molecule has 28 heavy (non-hydrogen) atoms. The smallest absolute Gasteiger partial charge is 0.246 e. The third-order valence-corrected chi connectivity index (χ3v) is 4.45. The molecule has 0 fully saturated rings. The Labute approximate surface area is 162 Å². The molecule has 1 N–H and O–H groups in total. The van der Waals surface area contributed by atoms with Gasteiger partial charge in [-0.05, 0) is 67.3 Å². The molecule has 0 bridgehead atoms. The van der Waals surface area contributed by atoms with Crippen LogP contribution >= 0.6 is 0 Å². The Bertz CT molecular complexity index is 975. The van der Waals surface area contributed by atoms with Gasteiger partial charge in [-0.15, -0.1) is 0 Å². The second kappa shape index (κ2) is 9.23. The highest BCUT2D eigenvalue weighted by Crippen LogP contribution is 2.32. The predicted octanol–water partition coefficient (Wildman–Crippen LogP) is 5.27. The van der Waals surface area contributed by atoms with Crippen LogP contribution in [0, 0.1) is 35.7 Å². The van der Waals surface area contributed by atoms with Crippen molar-refractivity contribution in [1.82, 2.24) is 5.32 Å². The zero-order chi connectivity index (χ0) is 20.8. The second-order valence-corrected chi connectivity index (χ2v) is 6.51. The lowest BCUT2D eigenvalue weighted by atomic mass is 9.92. The Hall–Kier alpha value is -3.07. The van der Waals surface area contributed by atoms with Gasteiger partial charge in [-0.3, -0.25) is 4.79 Å². The number of amides is 1. The molecule has 0 saturated heterocycles. The number of nitrogens with zero attached hydrogens (tertiary/aromatic N) is 1. The summed E-state index contributed by atoms with van der Waals surface area (Å²) >= 11 is 0. The molecule has 6 heteroatoms. The fourth-order valence-electron chi connectivity index (χ4n) is 2.78. The van der Waals surface area contributed by atoms with Gasteiger partial charge < -0.3 is 5.32 Å². The number of rotatable bonds is 6. The maximum absolute atomic E-state index is 14.3. The van der Waals surface area contributed by atoms with E-state index in [1.54, 1.807) is 26.0 Å². The first-order valence-electron chi connectivity index (χ1n) is 8.95. The zero-order valence-corrected chi connectivity index (χ0v) is 16.0. The van der Waals surface area contributed by atoms with Gasteiger partial charge in [0.05, 0.1) is 11.6 Å². The minimum atomic E-state index is -1.57. The number of benzene rings is 2. The van der Waals surface area contributed by atoms with E-state index in [4.69, 9.17) is 0 Å². The van der Waals surface area contributed by atoms with Gasteiger partial charge in [0.25, 0.3) is 0 Å². The summed E-state index contributed by atoms with van der Waals surface area (Å²) in [6, 6.07) is 6.93. The number of carbonyl (C=O) groups is 1. The monoisotopic (exact) mass is 386 g/mol. The van der Waals surface area contributed by atoms with Crippen molar-refractivity contribution in [1.29, 1.82) is 5.26 Å². The molecule has 0 aliphatic rings. The van der Waals surface area contributed by atoms with Crippen LogP contribution in [0.25, 0.3) is 17.2 Å². The van der Waals surface area contributed by atoms with Crippen molar-refractivity contribution < 1.29 is 18.0 Å². The van der Waals surface area contributed by atoms with E-state index in [2.05, 4.69) is 5.32 Å². The van der Waals surface area contributed by atoms with E-state index in [1.807, 2.05) is 13.0 Å². The molecule has 0 saturated carbocycles. The molecular weight excluding hydrogens is 365 g/mol. The molecule has 0 aliphatic heterocycles. The Kier molecular flexibility index (Phi) is 7.00. The standard InChI is InChI=1S/C22H21F3N2O/c1-4-5-8-27-22(28)13(2)9-16-10-15(12-26)11-18(14(16)3)17-6-7-19(23)21(25)20(17)24/h6-7,9-11H,4-5,8H2,1-3H3,(H,27,28)/b13-9+. The fraction of sp³-hybridized carbons (Fsp3) is 0.273. The molecule has 0 aromatic heterocycles. The zero-order valence-electron chi connectivity index (χ0n) is 16.0. The summed E-state index contributed by atoms with van der Waals surface area (Å²) in [5.74, 6) is -4.41. The van der Waals surface area contributed by atoms with Crippen molar-refractivity contribution in [3.63, 3.8) is 0 Å². The quantitative estimate of drug-likeness (QED) is 0.418. The largest absolute Gasteiger partial charge is 0.352 e. The summed E-state index contributed by atoms with van der Waals surface area (Å²) in [4.78, 5) is 12.2. The van der Waals surface area contributed by atoms with Crippen LogP contribution in [0.2, 0.25) is 0 Å². The van der Waals surface area contributed by atoms with Crippen LogP contribution < -0.4 is 5.32 Å². The molecule has 1 amide bonds. The number of nitriles is 1. The maximum Gasteiger partial charge on any atom is 0.246 e. The third kappa shape index (κ3) is 4.61. The van der Waals surface area contributed by atoms with Crippen LogP contribution in [0.15, 0.2) is 29.8 Å². The molecule has 0 atom stereocenters. The molecular formula is C22H21F3N2O. The van der Waals surface area contributed by atoms with Gasteiger partial charge in [0.15, 0.2) is 17.5 Å². The van der Waals surface area contributed by atoms with Gasteiger partial charge in [0.2, 0.25) is 5.91 Å². The molecule has 0 aliphatic carbocycles. The van der Waals surface area contributed by atoms with Crippen molar-refractivity contribution in [2.45, 2.75) is 33.6 Å². The normalized spacial score (nSPS) is 11.2. The minimum Gasteiger partial charge on any atom is -0.352 e. The molecule has 0 heterocycles. The predicted molar refractivity (Wildman–Crippen MR) is 103 cm³/mol. The lowest BCUT2D eigenvalue weighted by Gasteiger charge is -2.13. The molecule has 146 valence electrons. The number of halogens is 3. The first-order chi connectivity index (χ1) is 13.3. The van der Waals surface area contributed by atoms with Gasteiger partial charge in [0, 0.05) is 17.7 Å². The minimum absolute atomic E-state index is 0.145. The highest BCUT2D eigenvalue weighted by molar-refractivity contribution is 5.97. The maximum atomic E-state index is 14.3. The number of hydrogen-bond donors (Lipinski definition) is 1. The van der Waals surface area contributed by atoms with Crippen LogP contribution in [0.5, 0.6) is 0 Å². The van der Waals surface area contributed by atoms with Crippen LogP contribution in [-0.4, -0.2) is 12.5 Å². The second-order valence-electron chi connectivity index (χ2n) is 6.51. The van der Waals surface area contributed by atoms with E-state index in [0.29, 0.717) is 23.2 Å². The number of carbonyl (C=O) groups excluding carboxylic acids is 1. The Morgan fingerprint density at radius 2 is 1.89 bits per heavy atom. The van der Waals surface area contributed by atoms with Crippen LogP contribution in [-0.2, 0) is 4.79 Å². The number of hydrogen-bond acceptors (Lipinski definition) is 2. The lowest BCUT2D eigenvalue weighted by Crippen LogP contribution is -2.24. The Morgan fingerprint density at radius 1 is 1.18 bits per heavy atom. The molecule has 2 aromatic carbocycles. The molecule has 0 spiro atoms. The van der Waals surface area contributed by atoms with E-state index < -0.39 is 17.5 Å². The summed E-state index contributed by atoms with van der Waals surface area (Å²) in [5.41, 5.74) is 1.83. The summed E-state index contributed by atoms with van der Waals surface area (Å²) in [6.45, 7) is 5.89. The molecule has 3 nitrogen and oxygen atoms in total. The van der Waals surface area contributed by atoms with Gasteiger partial charge in [-0.25, -0.2) is 13.2 Å². The average molecular weight is 386 g/mol. The van der Waals surface area contributed by atoms with Crippen LogP contribution in [0.4, 0.5) is 13.2 Å². The van der Waals surface area contributed by atoms with Gasteiger partial charge >= 0.3 is 0 Å². The van der Waals surface area contributed by atoms with E-state index >= 15 is 0 Å². The number of nitrogens with one attached hydrogen (secondary N) is 1. The van der Waals surface area contributed by atoms with Gasteiger partial charge in [-0.2, -0.15) is 5.26 Å². The third-order valence-electron chi connectivity index (χ3n) is 4.45. The number of unbranched alkanes of at least 4 members (excludes halogenated alkanes) is 1. The fourth-order valence-corrected chi connectivity index (χ4v) is 2.78. The Morgan fingerprint density at radius 3 is 2.54 bits per heavy atom. The summed E-state index contributed by atoms with van der Waals surface area (Å²) in [7, 11) is 0. The molecule has 0 unspecified atom stereocenters. The highest BCUT2D eigenvalue weighted by atomic mass is 19.2. The summed E-state index contributed by atoms with van der Waals surface area (Å²) < 4.78 is 41.2. The average Bonchev–Trinajstić information content (AvgIpc) is 2.68. The highest BCUT2D eigenvalue weighted by Gasteiger charge is 2.18. The van der Waals surface area contributed by atoms with Crippen LogP contribution in [0.3, 0.4) is 0 Å². The molecule has 2 aromatic rings. The topological polar surface area (TPSA) is 52.9 Å². The first-order valence-corrected chi connectivity index (χ1v) is 8.95. The Balaban J connectivity index is 2.53. The SMILES string of the molecule is CCCCNC(=O)/C(C)=C/c1cc(C#N)cc(-c2ccc(F)c(F)c2F)c1C.